The van der Waals surface area contributed by atoms with E-state index in [0.717, 1.165) is 11.3 Å². The van der Waals surface area contributed by atoms with E-state index < -0.39 is 0 Å². The first-order chi connectivity index (χ1) is 8.36. The number of amides is 1. The highest BCUT2D eigenvalue weighted by molar-refractivity contribution is 7.96. The van der Waals surface area contributed by atoms with Crippen molar-refractivity contribution in [2.75, 3.05) is 13.2 Å². The van der Waals surface area contributed by atoms with E-state index in [1.807, 2.05) is 26.0 Å². The molecule has 1 aromatic carbocycles. The maximum atomic E-state index is 10.9. The van der Waals surface area contributed by atoms with Crippen molar-refractivity contribution >= 4 is 17.9 Å². The van der Waals surface area contributed by atoms with E-state index in [0.29, 0.717) is 13.2 Å². The van der Waals surface area contributed by atoms with Crippen LogP contribution in [0.2, 0.25) is 0 Å². The van der Waals surface area contributed by atoms with Crippen molar-refractivity contribution < 1.29 is 9.53 Å². The first-order valence-electron chi connectivity index (χ1n) is 6.07. The van der Waals surface area contributed by atoms with E-state index >= 15 is 0 Å². The van der Waals surface area contributed by atoms with E-state index in [-0.39, 0.29) is 10.7 Å². The molecule has 0 fully saturated rings. The first kappa shape index (κ1) is 14.9. The zero-order chi connectivity index (χ0) is 13.8. The van der Waals surface area contributed by atoms with Gasteiger partial charge in [-0.1, -0.05) is 38.6 Å². The SMILES string of the molecule is CCOc1ccc(C(C)(C)CNC(=O)S)cc1C. The molecule has 4 heteroatoms. The number of hydrogen-bond acceptors (Lipinski definition) is 2. The zero-order valence-electron chi connectivity index (χ0n) is 11.4. The van der Waals surface area contributed by atoms with Crippen molar-refractivity contribution in [1.29, 1.82) is 0 Å². The molecule has 0 spiro atoms. The Labute approximate surface area is 114 Å². The van der Waals surface area contributed by atoms with Crippen LogP contribution in [0.5, 0.6) is 5.75 Å². The summed E-state index contributed by atoms with van der Waals surface area (Å²) < 4.78 is 5.52. The number of aryl methyl sites for hydroxylation is 1. The summed E-state index contributed by atoms with van der Waals surface area (Å²) in [5.41, 5.74) is 2.15. The summed E-state index contributed by atoms with van der Waals surface area (Å²) in [5.74, 6) is 0.912. The molecular weight excluding hydrogens is 246 g/mol. The third kappa shape index (κ3) is 3.95. The highest BCUT2D eigenvalue weighted by Crippen LogP contribution is 2.27. The van der Waals surface area contributed by atoms with Crippen LogP contribution in [0, 0.1) is 6.92 Å². The Kier molecular flexibility index (Phi) is 5.08. The van der Waals surface area contributed by atoms with Gasteiger partial charge in [0.1, 0.15) is 5.75 Å². The number of carbonyl (C=O) groups is 1. The van der Waals surface area contributed by atoms with E-state index in [2.05, 4.69) is 37.9 Å². The van der Waals surface area contributed by atoms with Crippen molar-refractivity contribution in [2.45, 2.75) is 33.1 Å². The van der Waals surface area contributed by atoms with Gasteiger partial charge in [0.05, 0.1) is 6.61 Å². The second kappa shape index (κ2) is 6.14. The number of ether oxygens (including phenoxy) is 1. The molecule has 0 aliphatic rings. The molecule has 0 atom stereocenters. The molecule has 0 heterocycles. The molecule has 0 unspecified atom stereocenters. The smallest absolute Gasteiger partial charge is 0.276 e. The molecule has 0 bridgehead atoms. The Hall–Kier alpha value is -1.16. The van der Waals surface area contributed by atoms with Crippen LogP contribution in [0.25, 0.3) is 0 Å². The Morgan fingerprint density at radius 2 is 2.11 bits per heavy atom. The molecule has 0 aromatic heterocycles. The molecule has 0 saturated carbocycles. The molecule has 1 amide bonds. The summed E-state index contributed by atoms with van der Waals surface area (Å²) in [6.45, 7) is 9.40. The molecule has 1 rings (SSSR count). The van der Waals surface area contributed by atoms with Crippen LogP contribution >= 0.6 is 12.6 Å². The summed E-state index contributed by atoms with van der Waals surface area (Å²) in [5, 5.41) is 2.44. The van der Waals surface area contributed by atoms with Gasteiger partial charge in [-0.3, -0.25) is 4.79 Å². The van der Waals surface area contributed by atoms with Gasteiger partial charge in [0.25, 0.3) is 5.24 Å². The molecule has 0 saturated heterocycles. The van der Waals surface area contributed by atoms with Gasteiger partial charge in [-0.15, -0.1) is 0 Å². The average molecular weight is 267 g/mol. The average Bonchev–Trinajstić information content (AvgIpc) is 2.29. The number of benzene rings is 1. The van der Waals surface area contributed by atoms with Crippen LogP contribution in [0.4, 0.5) is 4.79 Å². The Bertz CT molecular complexity index is 430. The largest absolute Gasteiger partial charge is 0.494 e. The standard InChI is InChI=1S/C14H21NO2S/c1-5-17-12-7-6-11(8-10(12)2)14(3,4)9-15-13(16)18/h6-8H,5,9H2,1-4H3,(H2,15,16,18). The highest BCUT2D eigenvalue weighted by atomic mass is 32.1. The topological polar surface area (TPSA) is 38.3 Å². The first-order valence-corrected chi connectivity index (χ1v) is 6.52. The van der Waals surface area contributed by atoms with Crippen molar-refractivity contribution in [3.05, 3.63) is 29.3 Å². The lowest BCUT2D eigenvalue weighted by Crippen LogP contribution is -2.34. The second-order valence-electron chi connectivity index (χ2n) is 4.96. The zero-order valence-corrected chi connectivity index (χ0v) is 12.3. The highest BCUT2D eigenvalue weighted by Gasteiger charge is 2.21. The Balaban J connectivity index is 2.88. The normalized spacial score (nSPS) is 11.2. The van der Waals surface area contributed by atoms with Crippen LogP contribution in [0.3, 0.4) is 0 Å². The van der Waals surface area contributed by atoms with Crippen LogP contribution in [-0.4, -0.2) is 18.4 Å². The summed E-state index contributed by atoms with van der Waals surface area (Å²) in [4.78, 5) is 10.9. The lowest BCUT2D eigenvalue weighted by Gasteiger charge is -2.26. The molecule has 3 nitrogen and oxygen atoms in total. The maximum absolute atomic E-state index is 10.9. The van der Waals surface area contributed by atoms with Crippen LogP contribution in [0.15, 0.2) is 18.2 Å². The number of carbonyl (C=O) groups excluding carboxylic acids is 1. The Morgan fingerprint density at radius 1 is 1.44 bits per heavy atom. The van der Waals surface area contributed by atoms with Gasteiger partial charge in [0, 0.05) is 12.0 Å². The number of hydrogen-bond donors (Lipinski definition) is 2. The molecule has 0 radical (unpaired) electrons. The fraction of sp³-hybridized carbons (Fsp3) is 0.500. The summed E-state index contributed by atoms with van der Waals surface area (Å²) in [7, 11) is 0. The predicted molar refractivity (Wildman–Crippen MR) is 77.8 cm³/mol. The third-order valence-electron chi connectivity index (χ3n) is 2.94. The van der Waals surface area contributed by atoms with E-state index in [9.17, 15) is 4.79 Å². The van der Waals surface area contributed by atoms with Gasteiger partial charge in [0.15, 0.2) is 0 Å². The molecule has 0 aliphatic carbocycles. The number of nitrogens with one attached hydrogen (secondary N) is 1. The molecular formula is C14H21NO2S. The van der Waals surface area contributed by atoms with Crippen molar-refractivity contribution in [3.63, 3.8) is 0 Å². The lowest BCUT2D eigenvalue weighted by molar-refractivity contribution is 0.258. The molecule has 0 aliphatic heterocycles. The minimum absolute atomic E-state index is 0.131. The van der Waals surface area contributed by atoms with Crippen LogP contribution < -0.4 is 10.1 Å². The van der Waals surface area contributed by atoms with E-state index in [1.54, 1.807) is 0 Å². The van der Waals surface area contributed by atoms with Gasteiger partial charge >= 0.3 is 0 Å². The van der Waals surface area contributed by atoms with E-state index in [4.69, 9.17) is 4.74 Å². The third-order valence-corrected chi connectivity index (χ3v) is 3.10. The minimum Gasteiger partial charge on any atom is -0.494 e. The van der Waals surface area contributed by atoms with Crippen molar-refractivity contribution in [2.24, 2.45) is 0 Å². The van der Waals surface area contributed by atoms with Gasteiger partial charge in [-0.25, -0.2) is 0 Å². The molecule has 100 valence electrons. The minimum atomic E-state index is -0.300. The summed E-state index contributed by atoms with van der Waals surface area (Å²) in [6.07, 6.45) is 0. The lowest BCUT2D eigenvalue weighted by atomic mass is 9.84. The van der Waals surface area contributed by atoms with Crippen LogP contribution in [0.1, 0.15) is 31.9 Å². The second-order valence-corrected chi connectivity index (χ2v) is 5.36. The summed E-state index contributed by atoms with van der Waals surface area (Å²) in [6, 6.07) is 6.14. The summed E-state index contributed by atoms with van der Waals surface area (Å²) >= 11 is 3.72. The van der Waals surface area contributed by atoms with Gasteiger partial charge in [-0.2, -0.15) is 0 Å². The fourth-order valence-electron chi connectivity index (χ4n) is 1.79. The van der Waals surface area contributed by atoms with Gasteiger partial charge in [-0.05, 0) is 31.0 Å². The van der Waals surface area contributed by atoms with Gasteiger partial charge < -0.3 is 10.1 Å². The molecule has 18 heavy (non-hydrogen) atoms. The fourth-order valence-corrected chi connectivity index (χ4v) is 1.87. The Morgan fingerprint density at radius 3 is 2.61 bits per heavy atom. The molecule has 1 N–H and O–H groups in total. The van der Waals surface area contributed by atoms with Crippen molar-refractivity contribution in [3.8, 4) is 5.75 Å². The maximum Gasteiger partial charge on any atom is 0.276 e. The predicted octanol–water partition coefficient (Wildman–Crippen LogP) is 3.31. The van der Waals surface area contributed by atoms with Gasteiger partial charge in [0.2, 0.25) is 0 Å². The number of rotatable bonds is 5. The van der Waals surface area contributed by atoms with E-state index in [1.165, 1.54) is 5.56 Å². The number of thiol groups is 1. The molecule has 1 aromatic rings. The monoisotopic (exact) mass is 267 g/mol. The van der Waals surface area contributed by atoms with Crippen LogP contribution in [-0.2, 0) is 5.41 Å². The van der Waals surface area contributed by atoms with Crippen molar-refractivity contribution in [1.82, 2.24) is 5.32 Å². The quantitative estimate of drug-likeness (QED) is 0.803.